The molecule has 7 heteroatoms. The van der Waals surface area contributed by atoms with Gasteiger partial charge >= 0.3 is 0 Å². The summed E-state index contributed by atoms with van der Waals surface area (Å²) in [6, 6.07) is 11.1. The van der Waals surface area contributed by atoms with Crippen molar-refractivity contribution in [2.24, 2.45) is 0 Å². The normalized spacial score (nSPS) is 14.3. The molecule has 0 saturated carbocycles. The topological polar surface area (TPSA) is 64.4 Å². The Morgan fingerprint density at radius 2 is 2.08 bits per heavy atom. The zero-order chi connectivity index (χ0) is 18.1. The van der Waals surface area contributed by atoms with Crippen LogP contribution < -0.4 is 10.1 Å². The molecule has 0 fully saturated rings. The van der Waals surface area contributed by atoms with Crippen LogP contribution in [0.1, 0.15) is 11.3 Å². The molecule has 0 bridgehead atoms. The lowest BCUT2D eigenvalue weighted by Gasteiger charge is -2.11. The fourth-order valence-electron chi connectivity index (χ4n) is 2.93. The highest BCUT2D eigenvalue weighted by atomic mass is 32.1. The van der Waals surface area contributed by atoms with Gasteiger partial charge in [0.25, 0.3) is 5.69 Å². The molecule has 0 saturated heterocycles. The highest BCUT2D eigenvalue weighted by Crippen LogP contribution is 2.40. The Morgan fingerprint density at radius 3 is 2.81 bits per heavy atom. The average molecular weight is 370 g/mol. The van der Waals surface area contributed by atoms with Crippen LogP contribution in [-0.2, 0) is 0 Å². The molecule has 0 spiro atoms. The van der Waals surface area contributed by atoms with Crippen molar-refractivity contribution in [3.05, 3.63) is 69.3 Å². The standard InChI is InChI=1S/C19H15FN2O3S/c20-15-11-14(22(23)24)4-5-16(15)25-17-3-1-2-13-10-18(26-19(13)17)12-6-8-21-9-7-12/h1-6,10-11,21H,7-9H2. The second-order valence-corrected chi connectivity index (χ2v) is 6.99. The molecular weight excluding hydrogens is 355 g/mol. The van der Waals surface area contributed by atoms with E-state index in [0.717, 1.165) is 35.7 Å². The lowest BCUT2D eigenvalue weighted by atomic mass is 10.1. The zero-order valence-electron chi connectivity index (χ0n) is 13.7. The molecule has 2 aromatic carbocycles. The number of hydrogen-bond donors (Lipinski definition) is 1. The predicted octanol–water partition coefficient (Wildman–Crippen LogP) is 5.12. The number of thiophene rings is 1. The number of hydrogen-bond acceptors (Lipinski definition) is 5. The van der Waals surface area contributed by atoms with Crippen LogP contribution in [0.15, 0.2) is 48.5 Å². The average Bonchev–Trinajstić information content (AvgIpc) is 3.09. The highest BCUT2D eigenvalue weighted by Gasteiger charge is 2.16. The Labute approximate surface area is 152 Å². The summed E-state index contributed by atoms with van der Waals surface area (Å²) in [4.78, 5) is 11.3. The number of nitrogens with zero attached hydrogens (tertiary/aromatic N) is 1. The van der Waals surface area contributed by atoms with Crippen LogP contribution in [0.4, 0.5) is 10.1 Å². The van der Waals surface area contributed by atoms with Crippen LogP contribution in [0.25, 0.3) is 15.7 Å². The van der Waals surface area contributed by atoms with Gasteiger partial charge in [-0.25, -0.2) is 4.39 Å². The molecule has 1 aliphatic rings. The first kappa shape index (κ1) is 16.7. The second-order valence-electron chi connectivity index (χ2n) is 5.94. The minimum Gasteiger partial charge on any atom is -0.453 e. The smallest absolute Gasteiger partial charge is 0.272 e. The molecular formula is C19H15FN2O3S. The van der Waals surface area contributed by atoms with E-state index in [2.05, 4.69) is 17.5 Å². The first-order chi connectivity index (χ1) is 12.6. The molecule has 0 radical (unpaired) electrons. The minimum atomic E-state index is -0.756. The zero-order valence-corrected chi connectivity index (χ0v) is 14.5. The van der Waals surface area contributed by atoms with Crippen molar-refractivity contribution in [1.82, 2.24) is 5.32 Å². The summed E-state index contributed by atoms with van der Waals surface area (Å²) in [5.41, 5.74) is 1.00. The van der Waals surface area contributed by atoms with Crippen LogP contribution in [0.5, 0.6) is 11.5 Å². The number of rotatable bonds is 4. The fourth-order valence-corrected chi connectivity index (χ4v) is 4.10. The first-order valence-electron chi connectivity index (χ1n) is 8.16. The van der Waals surface area contributed by atoms with E-state index in [1.807, 2.05) is 12.1 Å². The Morgan fingerprint density at radius 1 is 1.19 bits per heavy atom. The number of benzene rings is 2. The minimum absolute atomic E-state index is 0.0286. The lowest BCUT2D eigenvalue weighted by Crippen LogP contribution is -2.19. The van der Waals surface area contributed by atoms with Gasteiger partial charge in [0, 0.05) is 17.5 Å². The number of halogens is 1. The summed E-state index contributed by atoms with van der Waals surface area (Å²) < 4.78 is 20.8. The summed E-state index contributed by atoms with van der Waals surface area (Å²) in [6.07, 6.45) is 3.16. The van der Waals surface area contributed by atoms with Gasteiger partial charge in [-0.15, -0.1) is 11.3 Å². The van der Waals surface area contributed by atoms with Crippen molar-refractivity contribution >= 4 is 32.7 Å². The number of fused-ring (bicyclic) bond motifs is 1. The number of non-ortho nitro benzene ring substituents is 1. The van der Waals surface area contributed by atoms with Gasteiger partial charge < -0.3 is 10.1 Å². The third kappa shape index (κ3) is 3.18. The summed E-state index contributed by atoms with van der Waals surface area (Å²) in [5.74, 6) is -0.241. The van der Waals surface area contributed by atoms with Gasteiger partial charge in [-0.3, -0.25) is 10.1 Å². The Bertz CT molecular complexity index is 1030. The fraction of sp³-hybridized carbons (Fsp3) is 0.158. The predicted molar refractivity (Wildman–Crippen MR) is 100 cm³/mol. The van der Waals surface area contributed by atoms with Gasteiger partial charge in [0.1, 0.15) is 5.75 Å². The van der Waals surface area contributed by atoms with Crippen LogP contribution in [0.2, 0.25) is 0 Å². The Kier molecular flexibility index (Phi) is 4.40. The third-order valence-electron chi connectivity index (χ3n) is 4.23. The third-order valence-corrected chi connectivity index (χ3v) is 5.48. The van der Waals surface area contributed by atoms with Crippen LogP contribution in [0, 0.1) is 15.9 Å². The van der Waals surface area contributed by atoms with E-state index in [-0.39, 0.29) is 11.4 Å². The van der Waals surface area contributed by atoms with E-state index >= 15 is 0 Å². The molecule has 2 heterocycles. The van der Waals surface area contributed by atoms with Crippen LogP contribution in [-0.4, -0.2) is 18.0 Å². The molecule has 0 aliphatic carbocycles. The van der Waals surface area contributed by atoms with E-state index in [1.54, 1.807) is 17.4 Å². The Balaban J connectivity index is 1.69. The summed E-state index contributed by atoms with van der Waals surface area (Å²) in [6.45, 7) is 1.82. The molecule has 0 atom stereocenters. The molecule has 26 heavy (non-hydrogen) atoms. The number of ether oxygens (including phenoxy) is 1. The molecule has 132 valence electrons. The van der Waals surface area contributed by atoms with Crippen molar-refractivity contribution in [2.75, 3.05) is 13.1 Å². The maximum absolute atomic E-state index is 14.2. The van der Waals surface area contributed by atoms with Crippen molar-refractivity contribution in [1.29, 1.82) is 0 Å². The molecule has 3 aromatic rings. The van der Waals surface area contributed by atoms with E-state index in [4.69, 9.17) is 4.74 Å². The van der Waals surface area contributed by atoms with E-state index in [9.17, 15) is 14.5 Å². The molecule has 0 unspecified atom stereocenters. The first-order valence-corrected chi connectivity index (χ1v) is 8.98. The molecule has 1 N–H and O–H groups in total. The molecule has 4 rings (SSSR count). The number of nitrogens with one attached hydrogen (secondary N) is 1. The summed E-state index contributed by atoms with van der Waals surface area (Å²) >= 11 is 1.61. The van der Waals surface area contributed by atoms with Gasteiger partial charge in [0.15, 0.2) is 11.6 Å². The Hall–Kier alpha value is -2.77. The van der Waals surface area contributed by atoms with Crippen LogP contribution in [0.3, 0.4) is 0 Å². The van der Waals surface area contributed by atoms with E-state index in [1.165, 1.54) is 22.6 Å². The maximum atomic E-state index is 14.2. The summed E-state index contributed by atoms with van der Waals surface area (Å²) in [5, 5.41) is 15.1. The highest BCUT2D eigenvalue weighted by molar-refractivity contribution is 7.20. The number of nitro groups is 1. The van der Waals surface area contributed by atoms with Gasteiger partial charge in [-0.1, -0.05) is 18.2 Å². The van der Waals surface area contributed by atoms with Crippen molar-refractivity contribution in [3.8, 4) is 11.5 Å². The van der Waals surface area contributed by atoms with Gasteiger partial charge in [0.2, 0.25) is 0 Å². The van der Waals surface area contributed by atoms with E-state index in [0.29, 0.717) is 5.75 Å². The SMILES string of the molecule is O=[N+]([O-])c1ccc(Oc2cccc3cc(C4=CCNCC4)sc23)c(F)c1. The van der Waals surface area contributed by atoms with Gasteiger partial charge in [0.05, 0.1) is 15.7 Å². The van der Waals surface area contributed by atoms with E-state index < -0.39 is 10.7 Å². The van der Waals surface area contributed by atoms with Crippen molar-refractivity contribution < 1.29 is 14.1 Å². The number of nitro benzene ring substituents is 1. The second kappa shape index (κ2) is 6.86. The monoisotopic (exact) mass is 370 g/mol. The maximum Gasteiger partial charge on any atom is 0.272 e. The van der Waals surface area contributed by atoms with Gasteiger partial charge in [-0.2, -0.15) is 0 Å². The molecule has 1 aliphatic heterocycles. The lowest BCUT2D eigenvalue weighted by molar-refractivity contribution is -0.385. The van der Waals surface area contributed by atoms with Crippen molar-refractivity contribution in [3.63, 3.8) is 0 Å². The van der Waals surface area contributed by atoms with Crippen molar-refractivity contribution in [2.45, 2.75) is 6.42 Å². The quantitative estimate of drug-likeness (QED) is 0.511. The largest absolute Gasteiger partial charge is 0.453 e. The molecule has 1 aromatic heterocycles. The molecule has 5 nitrogen and oxygen atoms in total. The van der Waals surface area contributed by atoms with Crippen LogP contribution >= 0.6 is 11.3 Å². The van der Waals surface area contributed by atoms with Gasteiger partial charge in [-0.05, 0) is 42.1 Å². The summed E-state index contributed by atoms with van der Waals surface area (Å²) in [7, 11) is 0. The molecule has 0 amide bonds.